The summed E-state index contributed by atoms with van der Waals surface area (Å²) in [6, 6.07) is 6.60. The van der Waals surface area contributed by atoms with Gasteiger partial charge in [-0.1, -0.05) is 36.4 Å². The molecule has 0 aliphatic carbocycles. The number of aliphatic hydroxyl groups excluding tert-OH is 1. The van der Waals surface area contributed by atoms with Gasteiger partial charge in [0.05, 0.1) is 23.0 Å². The Morgan fingerprint density at radius 3 is 2.63 bits per heavy atom. The zero-order valence-electron chi connectivity index (χ0n) is 23.9. The van der Waals surface area contributed by atoms with Crippen molar-refractivity contribution in [3.05, 3.63) is 49.6 Å². The highest BCUT2D eigenvalue weighted by Crippen LogP contribution is 2.64. The maximum Gasteiger partial charge on any atom is 0.250 e. The third-order valence-electron chi connectivity index (χ3n) is 9.15. The van der Waals surface area contributed by atoms with E-state index >= 15 is 0 Å². The van der Waals surface area contributed by atoms with E-state index in [4.69, 9.17) is 4.74 Å². The molecule has 0 radical (unpaired) electrons. The molecule has 1 aromatic carbocycles. The predicted molar refractivity (Wildman–Crippen MR) is 152 cm³/mol. The number of hydrogen-bond acceptors (Lipinski definition) is 7. The number of nitrogens with zero attached hydrogens (tertiary/aromatic N) is 6. The van der Waals surface area contributed by atoms with Crippen LogP contribution >= 0.6 is 0 Å². The molecule has 2 unspecified atom stereocenters. The predicted octanol–water partition coefficient (Wildman–Crippen LogP) is 1.98. The van der Waals surface area contributed by atoms with E-state index < -0.39 is 29.1 Å². The number of aromatic nitrogens is 3. The second-order valence-electron chi connectivity index (χ2n) is 11.4. The number of likely N-dealkylation sites (N-methyl/N-ethyl adjacent to an activating group) is 1. The van der Waals surface area contributed by atoms with Gasteiger partial charge in [0.1, 0.15) is 23.8 Å². The maximum atomic E-state index is 14.6. The smallest absolute Gasteiger partial charge is 0.250 e. The lowest BCUT2D eigenvalue weighted by Gasteiger charge is -2.36. The topological polar surface area (TPSA) is 121 Å². The summed E-state index contributed by atoms with van der Waals surface area (Å²) in [5.41, 5.74) is -0.436. The molecule has 2 bridgehead atoms. The summed E-state index contributed by atoms with van der Waals surface area (Å²) in [7, 11) is 1.71. The number of rotatable bonds is 13. The molecule has 3 fully saturated rings. The summed E-state index contributed by atoms with van der Waals surface area (Å²) in [4.78, 5) is 47.6. The van der Waals surface area contributed by atoms with Gasteiger partial charge in [-0.25, -0.2) is 4.68 Å². The fourth-order valence-electron chi connectivity index (χ4n) is 7.26. The van der Waals surface area contributed by atoms with E-state index in [1.165, 1.54) is 0 Å². The molecule has 4 heterocycles. The molecule has 5 rings (SSSR count). The van der Waals surface area contributed by atoms with Gasteiger partial charge in [-0.2, -0.15) is 0 Å². The van der Waals surface area contributed by atoms with Crippen LogP contribution in [-0.2, 0) is 25.8 Å². The van der Waals surface area contributed by atoms with E-state index in [-0.39, 0.29) is 44.1 Å². The largest absolute Gasteiger partial charge is 0.396 e. The highest BCUT2D eigenvalue weighted by Gasteiger charge is 2.78. The lowest BCUT2D eigenvalue weighted by atomic mass is 9.64. The van der Waals surface area contributed by atoms with E-state index in [1.807, 2.05) is 31.2 Å². The van der Waals surface area contributed by atoms with Crippen LogP contribution in [0.3, 0.4) is 0 Å². The fraction of sp³-hybridized carbons (Fsp3) is 0.567. The van der Waals surface area contributed by atoms with Crippen LogP contribution in [0.1, 0.15) is 39.0 Å². The van der Waals surface area contributed by atoms with Crippen molar-refractivity contribution in [1.82, 2.24) is 29.7 Å². The van der Waals surface area contributed by atoms with E-state index in [1.54, 1.807) is 38.6 Å². The number of carbonyl (C=O) groups is 3. The van der Waals surface area contributed by atoms with Crippen molar-refractivity contribution in [2.45, 2.75) is 62.9 Å². The molecular formula is C30H40N6O5. The summed E-state index contributed by atoms with van der Waals surface area (Å²) in [5, 5.41) is 17.9. The molecule has 11 heteroatoms. The number of fused-ring (bicyclic) bond motifs is 2. The summed E-state index contributed by atoms with van der Waals surface area (Å²) >= 11 is 0. The Kier molecular flexibility index (Phi) is 8.02. The summed E-state index contributed by atoms with van der Waals surface area (Å²) in [5.74, 6) is -2.12. The quantitative estimate of drug-likeness (QED) is 0.292. The molecule has 1 spiro atoms. The van der Waals surface area contributed by atoms with Crippen LogP contribution in [0.25, 0.3) is 11.0 Å². The van der Waals surface area contributed by atoms with Gasteiger partial charge < -0.3 is 24.5 Å². The highest BCUT2D eigenvalue weighted by atomic mass is 16.5. The zero-order chi connectivity index (χ0) is 29.4. The lowest BCUT2D eigenvalue weighted by molar-refractivity contribution is -0.155. The van der Waals surface area contributed by atoms with Gasteiger partial charge >= 0.3 is 0 Å². The van der Waals surface area contributed by atoms with Gasteiger partial charge in [0, 0.05) is 33.3 Å². The first-order valence-electron chi connectivity index (χ1n) is 14.4. The minimum atomic E-state index is -1.12. The Hall–Kier alpha value is -3.57. The van der Waals surface area contributed by atoms with E-state index in [9.17, 15) is 19.5 Å². The Labute approximate surface area is 240 Å². The number of ether oxygens (including phenoxy) is 1. The van der Waals surface area contributed by atoms with E-state index in [0.29, 0.717) is 44.2 Å². The van der Waals surface area contributed by atoms with Crippen molar-refractivity contribution in [3.8, 4) is 0 Å². The number of likely N-dealkylation sites (tertiary alicyclic amines) is 1. The molecule has 2 aromatic rings. The van der Waals surface area contributed by atoms with Gasteiger partial charge in [0.25, 0.3) is 0 Å². The molecule has 0 saturated carbocycles. The minimum absolute atomic E-state index is 0.0138. The summed E-state index contributed by atoms with van der Waals surface area (Å²) in [6.45, 7) is 10.6. The van der Waals surface area contributed by atoms with Gasteiger partial charge in [-0.3, -0.25) is 14.4 Å². The van der Waals surface area contributed by atoms with Gasteiger partial charge in [0.2, 0.25) is 17.7 Å². The normalized spacial score (nSPS) is 28.2. The first-order chi connectivity index (χ1) is 19.8. The zero-order valence-corrected chi connectivity index (χ0v) is 23.9. The van der Waals surface area contributed by atoms with Crippen molar-refractivity contribution >= 4 is 28.8 Å². The molecule has 11 nitrogen and oxygen atoms in total. The van der Waals surface area contributed by atoms with Crippen LogP contribution < -0.4 is 0 Å². The third kappa shape index (κ3) is 4.55. The van der Waals surface area contributed by atoms with Crippen LogP contribution in [0.2, 0.25) is 0 Å². The minimum Gasteiger partial charge on any atom is -0.396 e. The van der Waals surface area contributed by atoms with Crippen molar-refractivity contribution in [2.75, 3.05) is 33.3 Å². The van der Waals surface area contributed by atoms with Crippen LogP contribution in [0.5, 0.6) is 0 Å². The Bertz CT molecular complexity index is 1340. The van der Waals surface area contributed by atoms with Crippen LogP contribution in [0.15, 0.2) is 49.6 Å². The number of hydrogen-bond donors (Lipinski definition) is 1. The molecule has 3 saturated heterocycles. The second-order valence-corrected chi connectivity index (χ2v) is 11.4. The first-order valence-corrected chi connectivity index (χ1v) is 14.4. The summed E-state index contributed by atoms with van der Waals surface area (Å²) < 4.78 is 8.53. The molecule has 220 valence electrons. The molecular weight excluding hydrogens is 524 g/mol. The molecule has 1 N–H and O–H groups in total. The fourth-order valence-corrected chi connectivity index (χ4v) is 7.26. The van der Waals surface area contributed by atoms with Crippen LogP contribution in [0.4, 0.5) is 0 Å². The number of carbonyl (C=O) groups excluding carboxylic acids is 3. The third-order valence-corrected chi connectivity index (χ3v) is 9.15. The van der Waals surface area contributed by atoms with Crippen molar-refractivity contribution in [1.29, 1.82) is 0 Å². The molecule has 3 aliphatic heterocycles. The molecule has 1 aromatic heterocycles. The van der Waals surface area contributed by atoms with Crippen LogP contribution in [-0.4, -0.2) is 103 Å². The van der Waals surface area contributed by atoms with Gasteiger partial charge in [0.15, 0.2) is 0 Å². The average Bonchev–Trinajstić information content (AvgIpc) is 3.70. The number of para-hydroxylation sites is 1. The molecule has 3 amide bonds. The Morgan fingerprint density at radius 1 is 1.17 bits per heavy atom. The second kappa shape index (κ2) is 11.4. The summed E-state index contributed by atoms with van der Waals surface area (Å²) in [6.07, 6.45) is 5.99. The number of aliphatic hydroxyl groups is 1. The Balaban J connectivity index is 1.55. The number of amides is 3. The maximum absolute atomic E-state index is 14.6. The highest BCUT2D eigenvalue weighted by molar-refractivity contribution is 5.99. The van der Waals surface area contributed by atoms with Gasteiger partial charge in [-0.05, 0) is 44.2 Å². The molecule has 41 heavy (non-hydrogen) atoms. The average molecular weight is 565 g/mol. The lowest BCUT2D eigenvalue weighted by Crippen LogP contribution is -2.56. The SMILES string of the molecule is C=CCN(C)C(=O)[C@@H]1[C@H]2C(=O)N(CCCCO)C(C(=O)N(CC=C)Cn3nnc4ccccc43)C23CC[C@@]1(CC)O3. The van der Waals surface area contributed by atoms with Crippen molar-refractivity contribution < 1.29 is 24.2 Å². The first kappa shape index (κ1) is 28.9. The molecule has 5 atom stereocenters. The number of benzene rings is 1. The van der Waals surface area contributed by atoms with Crippen molar-refractivity contribution in [2.24, 2.45) is 11.8 Å². The number of unbranched alkanes of at least 4 members (excludes halogenated alkanes) is 1. The van der Waals surface area contributed by atoms with Gasteiger partial charge in [-0.15, -0.1) is 18.3 Å². The van der Waals surface area contributed by atoms with E-state index in [2.05, 4.69) is 23.5 Å². The Morgan fingerprint density at radius 2 is 1.93 bits per heavy atom. The monoisotopic (exact) mass is 564 g/mol. The molecule has 3 aliphatic rings. The van der Waals surface area contributed by atoms with Crippen molar-refractivity contribution in [3.63, 3.8) is 0 Å². The van der Waals surface area contributed by atoms with E-state index in [0.717, 1.165) is 5.52 Å². The standard InChI is InChI=1S/C30H40N6O5/c1-5-16-33(4)26(38)23-24-27(39)35(18-10-11-19-37)25(30(24)15-14-29(23,7-3)41-30)28(40)34(17-6-2)20-36-22-13-9-8-12-21(22)31-32-36/h5-6,8-9,12-13,23-25,37H,1-2,7,10-11,14-20H2,3-4H3/t23-,24-,25?,29+,30?/m0/s1. The van der Waals surface area contributed by atoms with Crippen LogP contribution in [0, 0.1) is 11.8 Å².